The number of benzene rings is 2. The van der Waals surface area contributed by atoms with Crippen molar-refractivity contribution in [1.82, 2.24) is 0 Å². The Kier molecular flexibility index (Phi) is 6.61. The van der Waals surface area contributed by atoms with Crippen LogP contribution in [0.25, 0.3) is 0 Å². The number of amides is 1. The molecule has 0 saturated heterocycles. The quantitative estimate of drug-likeness (QED) is 0.445. The number of rotatable bonds is 5. The minimum Gasteiger partial charge on any atom is -0.507 e. The molecule has 1 atom stereocenters. The maximum Gasteiger partial charge on any atom is 0.225 e. The molecule has 1 heterocycles. The number of phenols is 1. The van der Waals surface area contributed by atoms with E-state index in [0.717, 1.165) is 27.3 Å². The number of para-hydroxylation sites is 1. The molecule has 0 bridgehead atoms. The van der Waals surface area contributed by atoms with Crippen LogP contribution in [0.1, 0.15) is 75.4 Å². The summed E-state index contributed by atoms with van der Waals surface area (Å²) in [7, 11) is 0. The summed E-state index contributed by atoms with van der Waals surface area (Å²) in [6, 6.07) is 17.8. The van der Waals surface area contributed by atoms with E-state index in [4.69, 9.17) is 0 Å². The molecule has 0 aliphatic rings. The van der Waals surface area contributed by atoms with E-state index in [1.807, 2.05) is 41.8 Å². The highest BCUT2D eigenvalue weighted by Gasteiger charge is 2.29. The van der Waals surface area contributed by atoms with Crippen LogP contribution in [-0.4, -0.2) is 11.0 Å². The molecule has 0 fully saturated rings. The van der Waals surface area contributed by atoms with Crippen LogP contribution in [-0.2, 0) is 15.6 Å². The van der Waals surface area contributed by atoms with Gasteiger partial charge in [-0.1, -0.05) is 77.9 Å². The molecule has 2 aromatic carbocycles. The lowest BCUT2D eigenvalue weighted by Crippen LogP contribution is -2.20. The van der Waals surface area contributed by atoms with E-state index in [2.05, 4.69) is 65.1 Å². The number of thiophene rings is 1. The van der Waals surface area contributed by atoms with Crippen molar-refractivity contribution < 1.29 is 9.90 Å². The van der Waals surface area contributed by atoms with Crippen molar-refractivity contribution in [2.45, 2.75) is 64.7 Å². The van der Waals surface area contributed by atoms with Gasteiger partial charge in [0.25, 0.3) is 0 Å². The predicted molar refractivity (Wildman–Crippen MR) is 131 cm³/mol. The first-order valence-corrected chi connectivity index (χ1v) is 11.6. The molecule has 3 aromatic rings. The summed E-state index contributed by atoms with van der Waals surface area (Å²) in [6.07, 6.45) is 0.341. The third kappa shape index (κ3) is 5.56. The van der Waals surface area contributed by atoms with Crippen molar-refractivity contribution >= 4 is 22.9 Å². The highest BCUT2D eigenvalue weighted by Crippen LogP contribution is 2.43. The molecule has 2 N–H and O–H groups in total. The zero-order valence-corrected chi connectivity index (χ0v) is 20.1. The SMILES string of the molecule is CC(C)(C)c1cc(C(CC(=O)Nc2ccccc2)c2cccs2)cc(C(C)(C)C)c1O. The van der Waals surface area contributed by atoms with Gasteiger partial charge in [-0.25, -0.2) is 0 Å². The van der Waals surface area contributed by atoms with E-state index in [1.165, 1.54) is 0 Å². The average molecular weight is 436 g/mol. The molecular weight excluding hydrogens is 402 g/mol. The van der Waals surface area contributed by atoms with E-state index >= 15 is 0 Å². The second-order valence-corrected chi connectivity index (χ2v) is 11.1. The largest absolute Gasteiger partial charge is 0.507 e. The van der Waals surface area contributed by atoms with Gasteiger partial charge in [-0.15, -0.1) is 11.3 Å². The molecule has 0 spiro atoms. The molecule has 164 valence electrons. The minimum atomic E-state index is -0.216. The van der Waals surface area contributed by atoms with Gasteiger partial charge in [-0.2, -0.15) is 0 Å². The Hall–Kier alpha value is -2.59. The summed E-state index contributed by atoms with van der Waals surface area (Å²) >= 11 is 1.66. The number of hydrogen-bond acceptors (Lipinski definition) is 3. The maximum absolute atomic E-state index is 13.0. The van der Waals surface area contributed by atoms with Crippen LogP contribution in [0.5, 0.6) is 5.75 Å². The first-order chi connectivity index (χ1) is 14.5. The summed E-state index contributed by atoms with van der Waals surface area (Å²) in [5.41, 5.74) is 3.27. The van der Waals surface area contributed by atoms with Crippen molar-refractivity contribution in [1.29, 1.82) is 0 Å². The number of carbonyl (C=O) groups is 1. The highest BCUT2D eigenvalue weighted by molar-refractivity contribution is 7.10. The Morgan fingerprint density at radius 1 is 0.935 bits per heavy atom. The molecule has 0 saturated carbocycles. The second-order valence-electron chi connectivity index (χ2n) is 10.2. The lowest BCUT2D eigenvalue weighted by atomic mass is 9.76. The number of phenolic OH excluding ortho intramolecular Hbond substituents is 1. The lowest BCUT2D eigenvalue weighted by molar-refractivity contribution is -0.116. The fourth-order valence-corrected chi connectivity index (χ4v) is 4.65. The molecule has 3 nitrogen and oxygen atoms in total. The van der Waals surface area contributed by atoms with Gasteiger partial charge in [0.15, 0.2) is 0 Å². The highest BCUT2D eigenvalue weighted by atomic mass is 32.1. The fraction of sp³-hybridized carbons (Fsp3) is 0.370. The Balaban J connectivity index is 2.06. The van der Waals surface area contributed by atoms with Crippen LogP contribution in [0.15, 0.2) is 60.0 Å². The molecule has 0 radical (unpaired) electrons. The Labute approximate surface area is 190 Å². The Bertz CT molecular complexity index is 990. The van der Waals surface area contributed by atoms with Crippen LogP contribution < -0.4 is 5.32 Å². The fourth-order valence-electron chi connectivity index (χ4n) is 3.79. The van der Waals surface area contributed by atoms with Crippen molar-refractivity contribution in [3.63, 3.8) is 0 Å². The van der Waals surface area contributed by atoms with Crippen molar-refractivity contribution in [2.24, 2.45) is 0 Å². The smallest absolute Gasteiger partial charge is 0.225 e. The predicted octanol–water partition coefficient (Wildman–Crippen LogP) is 7.21. The number of hydrogen-bond donors (Lipinski definition) is 2. The molecule has 0 aliphatic carbocycles. The summed E-state index contributed by atoms with van der Waals surface area (Å²) in [6.45, 7) is 12.7. The van der Waals surface area contributed by atoms with Gasteiger partial charge >= 0.3 is 0 Å². The summed E-state index contributed by atoms with van der Waals surface area (Å²) < 4.78 is 0. The van der Waals surface area contributed by atoms with Crippen LogP contribution in [0.4, 0.5) is 5.69 Å². The average Bonchev–Trinajstić information content (AvgIpc) is 3.20. The first kappa shape index (κ1) is 23.1. The number of aromatic hydroxyl groups is 1. The van der Waals surface area contributed by atoms with Gasteiger partial charge in [0, 0.05) is 22.9 Å². The van der Waals surface area contributed by atoms with Crippen molar-refractivity contribution in [3.05, 3.63) is 81.5 Å². The third-order valence-electron chi connectivity index (χ3n) is 5.48. The zero-order valence-electron chi connectivity index (χ0n) is 19.3. The van der Waals surface area contributed by atoms with Crippen LogP contribution in [0.3, 0.4) is 0 Å². The maximum atomic E-state index is 13.0. The van der Waals surface area contributed by atoms with Gasteiger partial charge in [-0.3, -0.25) is 4.79 Å². The van der Waals surface area contributed by atoms with E-state index in [0.29, 0.717) is 12.2 Å². The molecule has 4 heteroatoms. The normalized spacial score (nSPS) is 13.1. The van der Waals surface area contributed by atoms with Crippen LogP contribution >= 0.6 is 11.3 Å². The monoisotopic (exact) mass is 435 g/mol. The summed E-state index contributed by atoms with van der Waals surface area (Å²) in [4.78, 5) is 14.1. The van der Waals surface area contributed by atoms with Gasteiger partial charge in [0.2, 0.25) is 5.91 Å². The molecule has 1 unspecified atom stereocenters. The Morgan fingerprint density at radius 2 is 1.52 bits per heavy atom. The van der Waals surface area contributed by atoms with Gasteiger partial charge in [0.1, 0.15) is 5.75 Å². The first-order valence-electron chi connectivity index (χ1n) is 10.7. The van der Waals surface area contributed by atoms with E-state index in [1.54, 1.807) is 11.3 Å². The molecule has 3 rings (SSSR count). The second kappa shape index (κ2) is 8.88. The number of nitrogens with one attached hydrogen (secondary N) is 1. The minimum absolute atomic E-state index is 0.0210. The van der Waals surface area contributed by atoms with Crippen molar-refractivity contribution in [3.8, 4) is 5.75 Å². The molecule has 1 aromatic heterocycles. The molecular formula is C27H33NO2S. The molecule has 31 heavy (non-hydrogen) atoms. The van der Waals surface area contributed by atoms with Crippen LogP contribution in [0, 0.1) is 0 Å². The van der Waals surface area contributed by atoms with E-state index < -0.39 is 0 Å². The summed E-state index contributed by atoms with van der Waals surface area (Å²) in [5, 5.41) is 16.2. The standard InChI is InChI=1S/C27H33NO2S/c1-26(2,3)21-15-18(16-22(25(21)30)27(4,5)6)20(23-13-10-14-31-23)17-24(29)28-19-11-8-7-9-12-19/h7-16,20,30H,17H2,1-6H3,(H,28,29). The Morgan fingerprint density at radius 3 is 2.00 bits per heavy atom. The van der Waals surface area contributed by atoms with Gasteiger partial charge in [-0.05, 0) is 51.1 Å². The number of carbonyl (C=O) groups excluding carboxylic acids is 1. The number of anilines is 1. The van der Waals surface area contributed by atoms with Crippen LogP contribution in [0.2, 0.25) is 0 Å². The third-order valence-corrected chi connectivity index (χ3v) is 6.47. The molecule has 0 aliphatic heterocycles. The lowest BCUT2D eigenvalue weighted by Gasteiger charge is -2.29. The topological polar surface area (TPSA) is 49.3 Å². The summed E-state index contributed by atoms with van der Waals surface area (Å²) in [5.74, 6) is 0.265. The molecule has 1 amide bonds. The van der Waals surface area contributed by atoms with Gasteiger partial charge < -0.3 is 10.4 Å². The van der Waals surface area contributed by atoms with E-state index in [-0.39, 0.29) is 22.7 Å². The zero-order chi connectivity index (χ0) is 22.8. The van der Waals surface area contributed by atoms with Crippen molar-refractivity contribution in [2.75, 3.05) is 5.32 Å². The van der Waals surface area contributed by atoms with Gasteiger partial charge in [0.05, 0.1) is 0 Å². The van der Waals surface area contributed by atoms with E-state index in [9.17, 15) is 9.90 Å².